The Bertz CT molecular complexity index is 332. The molecule has 0 fully saturated rings. The van der Waals surface area contributed by atoms with Gasteiger partial charge in [0.25, 0.3) is 0 Å². The lowest BCUT2D eigenvalue weighted by atomic mass is 9.86. The molecule has 1 heteroatoms. The van der Waals surface area contributed by atoms with Gasteiger partial charge in [0.15, 0.2) is 0 Å². The van der Waals surface area contributed by atoms with Gasteiger partial charge in [0.05, 0.1) is 0 Å². The number of hydrogen-bond donors (Lipinski definition) is 1. The third-order valence-electron chi connectivity index (χ3n) is 3.75. The Morgan fingerprint density at radius 3 is 2.50 bits per heavy atom. The minimum Gasteiger partial charge on any atom is -0.310 e. The van der Waals surface area contributed by atoms with Gasteiger partial charge in [-0.2, -0.15) is 0 Å². The van der Waals surface area contributed by atoms with E-state index >= 15 is 0 Å². The molecule has 1 aromatic rings. The molecule has 0 bridgehead atoms. The van der Waals surface area contributed by atoms with Crippen molar-refractivity contribution < 1.29 is 0 Å². The van der Waals surface area contributed by atoms with Crippen molar-refractivity contribution in [3.8, 4) is 0 Å². The smallest absolute Gasteiger partial charge is 0.0348 e. The first-order valence-corrected chi connectivity index (χ1v) is 7.52. The third-order valence-corrected chi connectivity index (χ3v) is 3.75. The molecule has 1 aromatic carbocycles. The molecule has 0 aromatic heterocycles. The van der Waals surface area contributed by atoms with Crippen LogP contribution in [-0.4, -0.2) is 6.54 Å². The highest BCUT2D eigenvalue weighted by Gasteiger charge is 2.20. The van der Waals surface area contributed by atoms with Crippen LogP contribution in [0.15, 0.2) is 24.3 Å². The van der Waals surface area contributed by atoms with Crippen LogP contribution in [-0.2, 0) is 0 Å². The summed E-state index contributed by atoms with van der Waals surface area (Å²) in [7, 11) is 0. The van der Waals surface area contributed by atoms with Gasteiger partial charge in [-0.25, -0.2) is 0 Å². The Morgan fingerprint density at radius 1 is 1.17 bits per heavy atom. The fraction of sp³-hybridized carbons (Fsp3) is 0.647. The van der Waals surface area contributed by atoms with Crippen LogP contribution in [0.3, 0.4) is 0 Å². The largest absolute Gasteiger partial charge is 0.310 e. The second kappa shape index (κ2) is 8.31. The first-order chi connectivity index (χ1) is 8.72. The van der Waals surface area contributed by atoms with Crippen molar-refractivity contribution in [3.05, 3.63) is 35.4 Å². The maximum Gasteiger partial charge on any atom is 0.0348 e. The standard InChI is InChI=1S/C17H29N/c1-5-8-11-15(6-2)17(18-7-3)16-12-9-10-14(4)13-16/h9-10,12-13,15,17-18H,5-8,11H2,1-4H3. The Labute approximate surface area is 113 Å². The number of aryl methyl sites for hydroxylation is 1. The molecule has 0 saturated heterocycles. The van der Waals surface area contributed by atoms with Crippen LogP contribution in [0.5, 0.6) is 0 Å². The maximum absolute atomic E-state index is 3.69. The van der Waals surface area contributed by atoms with E-state index in [1.807, 2.05) is 0 Å². The highest BCUT2D eigenvalue weighted by Crippen LogP contribution is 2.29. The summed E-state index contributed by atoms with van der Waals surface area (Å²) in [6, 6.07) is 9.49. The second-order valence-electron chi connectivity index (χ2n) is 5.26. The summed E-state index contributed by atoms with van der Waals surface area (Å²) in [6.45, 7) is 10.0. The Hall–Kier alpha value is -0.820. The van der Waals surface area contributed by atoms with Crippen molar-refractivity contribution >= 4 is 0 Å². The van der Waals surface area contributed by atoms with Crippen molar-refractivity contribution in [1.82, 2.24) is 5.32 Å². The molecule has 0 saturated carbocycles. The van der Waals surface area contributed by atoms with Crippen molar-refractivity contribution in [2.24, 2.45) is 5.92 Å². The van der Waals surface area contributed by atoms with Crippen LogP contribution in [0.2, 0.25) is 0 Å². The minimum absolute atomic E-state index is 0.520. The molecule has 18 heavy (non-hydrogen) atoms. The van der Waals surface area contributed by atoms with Crippen LogP contribution in [0.1, 0.15) is 63.6 Å². The van der Waals surface area contributed by atoms with Gasteiger partial charge in [-0.3, -0.25) is 0 Å². The van der Waals surface area contributed by atoms with E-state index in [4.69, 9.17) is 0 Å². The lowest BCUT2D eigenvalue weighted by molar-refractivity contribution is 0.328. The predicted octanol–water partition coefficient (Wildman–Crippen LogP) is 4.86. The average molecular weight is 247 g/mol. The molecule has 0 aliphatic carbocycles. The van der Waals surface area contributed by atoms with Crippen molar-refractivity contribution in [1.29, 1.82) is 0 Å². The average Bonchev–Trinajstić information content (AvgIpc) is 2.38. The zero-order valence-corrected chi connectivity index (χ0v) is 12.5. The van der Waals surface area contributed by atoms with Crippen LogP contribution >= 0.6 is 0 Å². The van der Waals surface area contributed by atoms with E-state index in [0.29, 0.717) is 6.04 Å². The first kappa shape index (κ1) is 15.2. The van der Waals surface area contributed by atoms with Gasteiger partial charge in [0.2, 0.25) is 0 Å². The number of unbranched alkanes of at least 4 members (excludes halogenated alkanes) is 1. The molecule has 0 amide bonds. The van der Waals surface area contributed by atoms with Gasteiger partial charge >= 0.3 is 0 Å². The molecule has 2 atom stereocenters. The first-order valence-electron chi connectivity index (χ1n) is 7.52. The molecule has 0 aliphatic rings. The fourth-order valence-electron chi connectivity index (χ4n) is 2.71. The zero-order valence-electron chi connectivity index (χ0n) is 12.5. The molecule has 0 aliphatic heterocycles. The van der Waals surface area contributed by atoms with Gasteiger partial charge in [-0.05, 0) is 31.4 Å². The van der Waals surface area contributed by atoms with Crippen molar-refractivity contribution in [2.45, 2.75) is 59.4 Å². The van der Waals surface area contributed by atoms with E-state index in [-0.39, 0.29) is 0 Å². The summed E-state index contributed by atoms with van der Waals surface area (Å²) in [5.41, 5.74) is 2.82. The van der Waals surface area contributed by atoms with E-state index in [0.717, 1.165) is 12.5 Å². The van der Waals surface area contributed by atoms with E-state index in [2.05, 4.69) is 57.3 Å². The van der Waals surface area contributed by atoms with E-state index in [1.165, 1.54) is 36.8 Å². The number of hydrogen-bond acceptors (Lipinski definition) is 1. The number of nitrogens with one attached hydrogen (secondary N) is 1. The minimum atomic E-state index is 0.520. The molecular weight excluding hydrogens is 218 g/mol. The van der Waals surface area contributed by atoms with E-state index in [9.17, 15) is 0 Å². The number of benzene rings is 1. The molecule has 102 valence electrons. The van der Waals surface area contributed by atoms with Gasteiger partial charge in [0, 0.05) is 6.04 Å². The topological polar surface area (TPSA) is 12.0 Å². The molecule has 2 unspecified atom stereocenters. The van der Waals surface area contributed by atoms with Crippen LogP contribution in [0, 0.1) is 12.8 Å². The highest BCUT2D eigenvalue weighted by atomic mass is 14.9. The molecular formula is C17H29N. The molecule has 0 radical (unpaired) electrons. The molecule has 1 N–H and O–H groups in total. The molecule has 0 spiro atoms. The Kier molecular flexibility index (Phi) is 7.04. The van der Waals surface area contributed by atoms with Crippen LogP contribution in [0.25, 0.3) is 0 Å². The predicted molar refractivity (Wildman–Crippen MR) is 80.9 cm³/mol. The molecule has 1 nitrogen and oxygen atoms in total. The summed E-state index contributed by atoms with van der Waals surface area (Å²) in [5.74, 6) is 0.756. The van der Waals surface area contributed by atoms with Crippen LogP contribution in [0.4, 0.5) is 0 Å². The fourth-order valence-corrected chi connectivity index (χ4v) is 2.71. The third kappa shape index (κ3) is 4.45. The summed E-state index contributed by atoms with van der Waals surface area (Å²) in [5, 5.41) is 3.69. The quantitative estimate of drug-likeness (QED) is 0.691. The van der Waals surface area contributed by atoms with E-state index < -0.39 is 0 Å². The Balaban J connectivity index is 2.85. The summed E-state index contributed by atoms with van der Waals surface area (Å²) in [6.07, 6.45) is 5.22. The highest BCUT2D eigenvalue weighted by molar-refractivity contribution is 5.25. The summed E-state index contributed by atoms with van der Waals surface area (Å²) >= 11 is 0. The lowest BCUT2D eigenvalue weighted by Gasteiger charge is -2.28. The van der Waals surface area contributed by atoms with Crippen LogP contribution < -0.4 is 5.32 Å². The van der Waals surface area contributed by atoms with Crippen molar-refractivity contribution in [3.63, 3.8) is 0 Å². The lowest BCUT2D eigenvalue weighted by Crippen LogP contribution is -2.28. The van der Waals surface area contributed by atoms with E-state index in [1.54, 1.807) is 0 Å². The normalized spacial score (nSPS) is 14.4. The molecule has 0 heterocycles. The van der Waals surface area contributed by atoms with Gasteiger partial charge in [-0.1, -0.05) is 69.9 Å². The SMILES string of the molecule is CCCCC(CC)C(NCC)c1cccc(C)c1. The van der Waals surface area contributed by atoms with Gasteiger partial charge < -0.3 is 5.32 Å². The second-order valence-corrected chi connectivity index (χ2v) is 5.26. The summed E-state index contributed by atoms with van der Waals surface area (Å²) < 4.78 is 0. The van der Waals surface area contributed by atoms with Gasteiger partial charge in [-0.15, -0.1) is 0 Å². The molecule has 1 rings (SSSR count). The van der Waals surface area contributed by atoms with Crippen molar-refractivity contribution in [2.75, 3.05) is 6.54 Å². The Morgan fingerprint density at radius 2 is 1.94 bits per heavy atom. The maximum atomic E-state index is 3.69. The number of rotatable bonds is 8. The summed E-state index contributed by atoms with van der Waals surface area (Å²) in [4.78, 5) is 0. The van der Waals surface area contributed by atoms with Gasteiger partial charge in [0.1, 0.15) is 0 Å². The zero-order chi connectivity index (χ0) is 13.4. The monoisotopic (exact) mass is 247 g/mol.